The van der Waals surface area contributed by atoms with Gasteiger partial charge in [-0.3, -0.25) is 14.7 Å². The molecule has 4 aromatic rings. The first-order valence-electron chi connectivity index (χ1n) is 9.06. The molecule has 0 aliphatic carbocycles. The minimum absolute atomic E-state index is 0.0208. The number of aromatic nitrogens is 4. The lowest BCUT2D eigenvalue weighted by Gasteiger charge is -2.14. The van der Waals surface area contributed by atoms with Crippen LogP contribution >= 0.6 is 0 Å². The van der Waals surface area contributed by atoms with Gasteiger partial charge in [-0.2, -0.15) is 5.10 Å². The number of amides is 1. The van der Waals surface area contributed by atoms with Crippen LogP contribution in [0, 0.1) is 0 Å². The summed E-state index contributed by atoms with van der Waals surface area (Å²) in [5.74, 6) is -0.396. The van der Waals surface area contributed by atoms with Crippen LogP contribution < -0.4 is 15.5 Å². The molecule has 8 nitrogen and oxygen atoms in total. The number of pyridine rings is 2. The number of carbonyl (C=O) groups is 1. The highest BCUT2D eigenvalue weighted by Gasteiger charge is 2.19. The van der Waals surface area contributed by atoms with Crippen LogP contribution in [0.4, 0.5) is 0 Å². The average molecular weight is 389 g/mol. The Morgan fingerprint density at radius 3 is 2.83 bits per heavy atom. The molecule has 0 aliphatic heterocycles. The van der Waals surface area contributed by atoms with Crippen molar-refractivity contribution in [3.05, 3.63) is 88.1 Å². The average Bonchev–Trinajstić information content (AvgIpc) is 3.16. The van der Waals surface area contributed by atoms with Crippen LogP contribution in [0.2, 0.25) is 0 Å². The molecule has 0 spiro atoms. The Labute approximate surface area is 166 Å². The third kappa shape index (κ3) is 3.86. The largest absolute Gasteiger partial charge is 0.483 e. The Morgan fingerprint density at radius 1 is 1.17 bits per heavy atom. The number of nitrogens with zero attached hydrogens (tertiary/aromatic N) is 3. The zero-order chi connectivity index (χ0) is 20.2. The van der Waals surface area contributed by atoms with Crippen LogP contribution in [0.5, 0.6) is 5.75 Å². The second-order valence-electron chi connectivity index (χ2n) is 6.50. The van der Waals surface area contributed by atoms with Gasteiger partial charge in [-0.25, -0.2) is 4.98 Å². The second kappa shape index (κ2) is 7.97. The molecule has 8 heteroatoms. The van der Waals surface area contributed by atoms with Gasteiger partial charge in [-0.15, -0.1) is 0 Å². The van der Waals surface area contributed by atoms with E-state index in [2.05, 4.69) is 20.5 Å². The first kappa shape index (κ1) is 18.4. The number of fused-ring (bicyclic) bond motifs is 1. The van der Waals surface area contributed by atoms with Crippen LogP contribution in [0.1, 0.15) is 21.7 Å². The lowest BCUT2D eigenvalue weighted by atomic mass is 10.2. The quantitative estimate of drug-likeness (QED) is 0.526. The van der Waals surface area contributed by atoms with Gasteiger partial charge >= 0.3 is 0 Å². The van der Waals surface area contributed by atoms with Gasteiger partial charge in [0.25, 0.3) is 5.91 Å². The molecule has 29 heavy (non-hydrogen) atoms. The van der Waals surface area contributed by atoms with E-state index >= 15 is 0 Å². The summed E-state index contributed by atoms with van der Waals surface area (Å²) >= 11 is 0. The summed E-state index contributed by atoms with van der Waals surface area (Å²) in [6.45, 7) is 0.402. The van der Waals surface area contributed by atoms with Crippen LogP contribution in [-0.2, 0) is 20.2 Å². The fraction of sp³-hybridized carbons (Fsp3) is 0.143. The summed E-state index contributed by atoms with van der Waals surface area (Å²) in [6, 6.07) is 14.5. The van der Waals surface area contributed by atoms with Crippen LogP contribution in [-0.4, -0.2) is 25.7 Å². The maximum atomic E-state index is 12.9. The minimum atomic E-state index is -0.417. The van der Waals surface area contributed by atoms with Crippen molar-refractivity contribution in [1.82, 2.24) is 25.1 Å². The molecule has 1 amide bonds. The Morgan fingerprint density at radius 2 is 2.00 bits per heavy atom. The number of aryl methyl sites for hydroxylation is 1. The minimum Gasteiger partial charge on any atom is -0.483 e. The van der Waals surface area contributed by atoms with E-state index in [4.69, 9.17) is 4.74 Å². The van der Waals surface area contributed by atoms with E-state index in [9.17, 15) is 9.59 Å². The summed E-state index contributed by atoms with van der Waals surface area (Å²) in [5, 5.41) is 10.6. The smallest absolute Gasteiger partial charge is 0.272 e. The first-order chi connectivity index (χ1) is 14.1. The normalized spacial score (nSPS) is 10.8. The predicted molar refractivity (Wildman–Crippen MR) is 108 cm³/mol. The SMILES string of the molecule is Cn1ccc(=O)c(OCc2ccccc2)c1C(=O)NCc1[nH]nc2ncccc12. The molecule has 0 saturated carbocycles. The standard InChI is InChI=1S/C21H19N5O3/c1-26-11-9-17(27)19(29-13-14-6-3-2-4-7-14)18(26)21(28)23-12-16-15-8-5-10-22-20(15)25-24-16/h2-11H,12-13H2,1H3,(H,23,28)(H,22,24,25). The Kier molecular flexibility index (Phi) is 5.07. The number of aromatic amines is 1. The first-order valence-corrected chi connectivity index (χ1v) is 9.06. The van der Waals surface area contributed by atoms with E-state index in [-0.39, 0.29) is 30.0 Å². The van der Waals surface area contributed by atoms with E-state index in [1.807, 2.05) is 36.4 Å². The van der Waals surface area contributed by atoms with Crippen LogP contribution in [0.25, 0.3) is 11.0 Å². The molecule has 0 saturated heterocycles. The Bertz CT molecular complexity index is 1210. The third-order valence-corrected chi connectivity index (χ3v) is 4.52. The van der Waals surface area contributed by atoms with E-state index in [0.29, 0.717) is 5.65 Å². The van der Waals surface area contributed by atoms with Gasteiger partial charge in [0.15, 0.2) is 17.1 Å². The number of carbonyl (C=O) groups excluding carboxylic acids is 1. The monoisotopic (exact) mass is 389 g/mol. The van der Waals surface area contributed by atoms with Gasteiger partial charge in [0.1, 0.15) is 6.61 Å². The molecule has 0 fully saturated rings. The Hall–Kier alpha value is -3.94. The number of rotatable bonds is 6. The van der Waals surface area contributed by atoms with Crippen LogP contribution in [0.15, 0.2) is 65.7 Å². The van der Waals surface area contributed by atoms with Gasteiger partial charge < -0.3 is 14.6 Å². The lowest BCUT2D eigenvalue weighted by molar-refractivity contribution is 0.0935. The van der Waals surface area contributed by atoms with Gasteiger partial charge in [-0.05, 0) is 17.7 Å². The highest BCUT2D eigenvalue weighted by Crippen LogP contribution is 2.16. The molecule has 0 bridgehead atoms. The molecule has 0 radical (unpaired) electrons. The highest BCUT2D eigenvalue weighted by atomic mass is 16.5. The maximum Gasteiger partial charge on any atom is 0.272 e. The van der Waals surface area contributed by atoms with Gasteiger partial charge in [0.2, 0.25) is 5.43 Å². The van der Waals surface area contributed by atoms with Crippen LogP contribution in [0.3, 0.4) is 0 Å². The molecule has 3 heterocycles. The van der Waals surface area contributed by atoms with Crippen molar-refractivity contribution < 1.29 is 9.53 Å². The molecule has 146 valence electrons. The van der Waals surface area contributed by atoms with Crippen molar-refractivity contribution >= 4 is 16.9 Å². The summed E-state index contributed by atoms with van der Waals surface area (Å²) in [6.07, 6.45) is 3.20. The van der Waals surface area contributed by atoms with Gasteiger partial charge in [-0.1, -0.05) is 30.3 Å². The molecule has 0 unspecified atom stereocenters. The van der Waals surface area contributed by atoms with E-state index in [1.165, 1.54) is 6.07 Å². The molecular weight excluding hydrogens is 370 g/mol. The summed E-state index contributed by atoms with van der Waals surface area (Å²) in [7, 11) is 1.69. The zero-order valence-electron chi connectivity index (χ0n) is 15.8. The summed E-state index contributed by atoms with van der Waals surface area (Å²) in [5.41, 5.74) is 2.03. The summed E-state index contributed by atoms with van der Waals surface area (Å²) < 4.78 is 7.31. The second-order valence-corrected chi connectivity index (χ2v) is 6.50. The van der Waals surface area contributed by atoms with Crippen molar-refractivity contribution in [2.24, 2.45) is 7.05 Å². The molecule has 1 aromatic carbocycles. The van der Waals surface area contributed by atoms with Crippen molar-refractivity contribution in [3.8, 4) is 5.75 Å². The lowest BCUT2D eigenvalue weighted by Crippen LogP contribution is -2.29. The number of benzene rings is 1. The number of hydrogen-bond acceptors (Lipinski definition) is 5. The predicted octanol–water partition coefficient (Wildman–Crippen LogP) is 2.17. The number of nitrogens with one attached hydrogen (secondary N) is 2. The third-order valence-electron chi connectivity index (χ3n) is 4.52. The molecular formula is C21H19N5O3. The Balaban J connectivity index is 1.55. The van der Waals surface area contributed by atoms with Crippen molar-refractivity contribution in [3.63, 3.8) is 0 Å². The molecule has 0 atom stereocenters. The number of H-pyrrole nitrogens is 1. The number of hydrogen-bond donors (Lipinski definition) is 2. The fourth-order valence-corrected chi connectivity index (χ4v) is 3.03. The van der Waals surface area contributed by atoms with E-state index < -0.39 is 5.91 Å². The zero-order valence-corrected chi connectivity index (χ0v) is 15.8. The van der Waals surface area contributed by atoms with Crippen molar-refractivity contribution in [1.29, 1.82) is 0 Å². The number of ether oxygens (including phenoxy) is 1. The van der Waals surface area contributed by atoms with Crippen molar-refractivity contribution in [2.45, 2.75) is 13.2 Å². The molecule has 2 N–H and O–H groups in total. The van der Waals surface area contributed by atoms with Crippen molar-refractivity contribution in [2.75, 3.05) is 0 Å². The fourth-order valence-electron chi connectivity index (χ4n) is 3.03. The van der Waals surface area contributed by atoms with E-state index in [1.54, 1.807) is 30.1 Å². The summed E-state index contributed by atoms with van der Waals surface area (Å²) in [4.78, 5) is 29.4. The topological polar surface area (TPSA) is 102 Å². The molecule has 3 aromatic heterocycles. The molecule has 4 rings (SSSR count). The van der Waals surface area contributed by atoms with E-state index in [0.717, 1.165) is 16.6 Å². The molecule has 0 aliphatic rings. The highest BCUT2D eigenvalue weighted by molar-refractivity contribution is 5.95. The van der Waals surface area contributed by atoms with Gasteiger partial charge in [0.05, 0.1) is 12.2 Å². The maximum absolute atomic E-state index is 12.9. The van der Waals surface area contributed by atoms with Gasteiger partial charge in [0, 0.05) is 30.9 Å².